The fourth-order valence-electron chi connectivity index (χ4n) is 3.05. The van der Waals surface area contributed by atoms with E-state index in [2.05, 4.69) is 15.1 Å². The lowest BCUT2D eigenvalue weighted by Crippen LogP contribution is -2.08. The number of aryl methyl sites for hydroxylation is 2. The van der Waals surface area contributed by atoms with Crippen molar-refractivity contribution in [3.63, 3.8) is 0 Å². The molecule has 7 heteroatoms. The second-order valence-corrected chi connectivity index (χ2v) is 7.50. The molecule has 1 unspecified atom stereocenters. The number of pyridine rings is 1. The Morgan fingerprint density at radius 1 is 1.31 bits per heavy atom. The summed E-state index contributed by atoms with van der Waals surface area (Å²) in [7, 11) is 0. The van der Waals surface area contributed by atoms with Crippen LogP contribution in [0.5, 0.6) is 0 Å². The van der Waals surface area contributed by atoms with Gasteiger partial charge in [0, 0.05) is 22.8 Å². The van der Waals surface area contributed by atoms with Crippen molar-refractivity contribution in [2.24, 2.45) is 0 Å². The SMILES string of the molecule is CC(OC(=O)c1cc2c(s1)CCCCC2)c1nc(-c2cccnc2)no1. The number of nitrogens with zero attached hydrogens (tertiary/aromatic N) is 3. The lowest BCUT2D eigenvalue weighted by molar-refractivity contribution is 0.0271. The van der Waals surface area contributed by atoms with Gasteiger partial charge in [-0.2, -0.15) is 4.98 Å². The topological polar surface area (TPSA) is 78.1 Å². The molecular weight excluding hydrogens is 350 g/mol. The van der Waals surface area contributed by atoms with Crippen LogP contribution in [0.1, 0.15) is 58.3 Å². The number of hydrogen-bond donors (Lipinski definition) is 0. The Bertz CT molecular complexity index is 880. The normalized spacial score (nSPS) is 15.1. The van der Waals surface area contributed by atoms with Crippen molar-refractivity contribution in [2.45, 2.75) is 45.1 Å². The zero-order valence-electron chi connectivity index (χ0n) is 14.5. The Balaban J connectivity index is 1.45. The van der Waals surface area contributed by atoms with Gasteiger partial charge < -0.3 is 9.26 Å². The van der Waals surface area contributed by atoms with E-state index in [-0.39, 0.29) is 11.9 Å². The summed E-state index contributed by atoms with van der Waals surface area (Å²) >= 11 is 1.55. The Labute approximate surface area is 155 Å². The average Bonchev–Trinajstić information content (AvgIpc) is 3.25. The summed E-state index contributed by atoms with van der Waals surface area (Å²) in [5.74, 6) is 0.367. The Hall–Kier alpha value is -2.54. The molecule has 4 rings (SSSR count). The van der Waals surface area contributed by atoms with Crippen LogP contribution in [-0.4, -0.2) is 21.1 Å². The fourth-order valence-corrected chi connectivity index (χ4v) is 4.19. The lowest BCUT2D eigenvalue weighted by atomic mass is 10.1. The van der Waals surface area contributed by atoms with Crippen molar-refractivity contribution in [2.75, 3.05) is 0 Å². The third-order valence-electron chi connectivity index (χ3n) is 4.44. The third-order valence-corrected chi connectivity index (χ3v) is 5.66. The predicted molar refractivity (Wildman–Crippen MR) is 96.9 cm³/mol. The van der Waals surface area contributed by atoms with Gasteiger partial charge in [0.1, 0.15) is 4.88 Å². The molecule has 0 aliphatic heterocycles. The molecule has 0 bridgehead atoms. The number of hydrogen-bond acceptors (Lipinski definition) is 7. The molecule has 3 aromatic rings. The van der Waals surface area contributed by atoms with Crippen molar-refractivity contribution in [3.05, 3.63) is 51.8 Å². The molecule has 0 amide bonds. The highest BCUT2D eigenvalue weighted by molar-refractivity contribution is 7.14. The molecule has 0 N–H and O–H groups in total. The Kier molecular flexibility index (Phi) is 4.79. The summed E-state index contributed by atoms with van der Waals surface area (Å²) in [6.45, 7) is 1.73. The highest BCUT2D eigenvalue weighted by Crippen LogP contribution is 2.30. The lowest BCUT2D eigenvalue weighted by Gasteiger charge is -2.07. The molecule has 6 nitrogen and oxygen atoms in total. The number of aromatic nitrogens is 3. The summed E-state index contributed by atoms with van der Waals surface area (Å²) in [5, 5.41) is 3.94. The average molecular weight is 369 g/mol. The van der Waals surface area contributed by atoms with Crippen LogP contribution in [0.15, 0.2) is 35.1 Å². The second-order valence-electron chi connectivity index (χ2n) is 6.37. The minimum atomic E-state index is -0.609. The Morgan fingerprint density at radius 2 is 2.19 bits per heavy atom. The molecule has 1 aliphatic carbocycles. The highest BCUT2D eigenvalue weighted by Gasteiger charge is 2.23. The van der Waals surface area contributed by atoms with Crippen LogP contribution in [-0.2, 0) is 17.6 Å². The van der Waals surface area contributed by atoms with E-state index in [1.165, 1.54) is 29.7 Å². The summed E-state index contributed by atoms with van der Waals surface area (Å²) in [4.78, 5) is 22.8. The maximum atomic E-state index is 12.5. The molecule has 1 aliphatic rings. The molecule has 0 radical (unpaired) electrons. The molecular formula is C19H19N3O3S. The molecule has 0 spiro atoms. The van der Waals surface area contributed by atoms with E-state index in [1.807, 2.05) is 12.1 Å². The first-order chi connectivity index (χ1) is 12.7. The molecule has 0 saturated heterocycles. The maximum absolute atomic E-state index is 12.5. The number of fused-ring (bicyclic) bond motifs is 1. The smallest absolute Gasteiger partial charge is 0.349 e. The van der Waals surface area contributed by atoms with E-state index in [4.69, 9.17) is 9.26 Å². The maximum Gasteiger partial charge on any atom is 0.349 e. The minimum absolute atomic E-state index is 0.273. The zero-order chi connectivity index (χ0) is 17.9. The quantitative estimate of drug-likeness (QED) is 0.502. The minimum Gasteiger partial charge on any atom is -0.448 e. The van der Waals surface area contributed by atoms with Crippen LogP contribution in [0, 0.1) is 0 Å². The number of esters is 1. The molecule has 26 heavy (non-hydrogen) atoms. The van der Waals surface area contributed by atoms with Crippen molar-refractivity contribution >= 4 is 17.3 Å². The van der Waals surface area contributed by atoms with Crippen molar-refractivity contribution in [1.82, 2.24) is 15.1 Å². The van der Waals surface area contributed by atoms with Gasteiger partial charge in [0.15, 0.2) is 6.10 Å². The van der Waals surface area contributed by atoms with Gasteiger partial charge in [-0.3, -0.25) is 4.98 Å². The van der Waals surface area contributed by atoms with Crippen molar-refractivity contribution < 1.29 is 14.1 Å². The summed E-state index contributed by atoms with van der Waals surface area (Å²) in [5.41, 5.74) is 2.05. The Morgan fingerprint density at radius 3 is 3.04 bits per heavy atom. The zero-order valence-corrected chi connectivity index (χ0v) is 15.3. The van der Waals surface area contributed by atoms with E-state index in [0.717, 1.165) is 18.4 Å². The van der Waals surface area contributed by atoms with E-state index < -0.39 is 6.10 Å². The number of carbonyl (C=O) groups is 1. The first-order valence-corrected chi connectivity index (χ1v) is 9.59. The van der Waals surface area contributed by atoms with E-state index in [0.29, 0.717) is 10.7 Å². The van der Waals surface area contributed by atoms with Gasteiger partial charge in [0.25, 0.3) is 5.89 Å². The first kappa shape index (κ1) is 16.9. The van der Waals surface area contributed by atoms with Crippen LogP contribution >= 0.6 is 11.3 Å². The van der Waals surface area contributed by atoms with Crippen LogP contribution in [0.25, 0.3) is 11.4 Å². The first-order valence-electron chi connectivity index (χ1n) is 8.77. The molecule has 134 valence electrons. The van der Waals surface area contributed by atoms with Gasteiger partial charge in [-0.25, -0.2) is 4.79 Å². The van der Waals surface area contributed by atoms with Gasteiger partial charge in [-0.15, -0.1) is 11.3 Å². The summed E-state index contributed by atoms with van der Waals surface area (Å²) in [6, 6.07) is 5.63. The van der Waals surface area contributed by atoms with Gasteiger partial charge in [0.2, 0.25) is 5.82 Å². The third kappa shape index (κ3) is 3.53. The number of ether oxygens (including phenoxy) is 1. The molecule has 0 aromatic carbocycles. The van der Waals surface area contributed by atoms with Gasteiger partial charge in [0.05, 0.1) is 0 Å². The van der Waals surface area contributed by atoms with E-state index in [1.54, 1.807) is 36.7 Å². The van der Waals surface area contributed by atoms with Gasteiger partial charge in [-0.1, -0.05) is 11.6 Å². The fraction of sp³-hybridized carbons (Fsp3) is 0.368. The van der Waals surface area contributed by atoms with Crippen LogP contribution in [0.4, 0.5) is 0 Å². The largest absolute Gasteiger partial charge is 0.448 e. The molecule has 0 fully saturated rings. The van der Waals surface area contributed by atoms with Crippen LogP contribution < -0.4 is 0 Å². The van der Waals surface area contributed by atoms with E-state index >= 15 is 0 Å². The van der Waals surface area contributed by atoms with Gasteiger partial charge in [-0.05, 0) is 56.4 Å². The molecule has 0 saturated carbocycles. The molecule has 3 aromatic heterocycles. The van der Waals surface area contributed by atoms with Crippen LogP contribution in [0.2, 0.25) is 0 Å². The second kappa shape index (κ2) is 7.37. The number of carbonyl (C=O) groups excluding carboxylic acids is 1. The standard InChI is InChI=1S/C19H19N3O3S/c1-12(18-21-17(22-25-18)14-7-5-9-20-11-14)24-19(23)16-10-13-6-3-2-4-8-15(13)26-16/h5,7,9-12H,2-4,6,8H2,1H3. The van der Waals surface area contributed by atoms with Crippen molar-refractivity contribution in [3.8, 4) is 11.4 Å². The summed E-state index contributed by atoms with van der Waals surface area (Å²) < 4.78 is 10.8. The monoisotopic (exact) mass is 369 g/mol. The predicted octanol–water partition coefficient (Wildman–Crippen LogP) is 4.38. The van der Waals surface area contributed by atoms with E-state index in [9.17, 15) is 4.79 Å². The number of thiophene rings is 1. The number of rotatable bonds is 4. The van der Waals surface area contributed by atoms with Crippen LogP contribution in [0.3, 0.4) is 0 Å². The van der Waals surface area contributed by atoms with Crippen molar-refractivity contribution in [1.29, 1.82) is 0 Å². The summed E-state index contributed by atoms with van der Waals surface area (Å²) in [6.07, 6.45) is 8.47. The molecule has 3 heterocycles. The highest BCUT2D eigenvalue weighted by atomic mass is 32.1. The van der Waals surface area contributed by atoms with Gasteiger partial charge >= 0.3 is 5.97 Å². The molecule has 1 atom stereocenters.